The molecule has 0 unspecified atom stereocenters. The first-order chi connectivity index (χ1) is 11.6. The Hall–Kier alpha value is -2.44. The van der Waals surface area contributed by atoms with E-state index in [2.05, 4.69) is 19.7 Å². The van der Waals surface area contributed by atoms with Crippen LogP contribution in [0.4, 0.5) is 0 Å². The second-order valence-electron chi connectivity index (χ2n) is 5.63. The monoisotopic (exact) mass is 347 g/mol. The average Bonchev–Trinajstić information content (AvgIpc) is 3.13. The summed E-state index contributed by atoms with van der Waals surface area (Å²) in [6.45, 7) is 0. The molecule has 0 aromatic carbocycles. The molecule has 0 bridgehead atoms. The van der Waals surface area contributed by atoms with Gasteiger partial charge in [0.15, 0.2) is 5.03 Å². The van der Waals surface area contributed by atoms with Gasteiger partial charge in [0, 0.05) is 18.3 Å². The van der Waals surface area contributed by atoms with Crippen molar-refractivity contribution in [1.82, 2.24) is 19.7 Å². The summed E-state index contributed by atoms with van der Waals surface area (Å²) in [6.07, 6.45) is 6.94. The van der Waals surface area contributed by atoms with Gasteiger partial charge >= 0.3 is 0 Å². The minimum absolute atomic E-state index is 0.00153. The molecular weight excluding hydrogens is 330 g/mol. The smallest absolute Gasteiger partial charge is 0.257 e. The minimum atomic E-state index is -3.55. The van der Waals surface area contributed by atoms with E-state index in [9.17, 15) is 8.42 Å². The molecule has 1 aliphatic carbocycles. The molecule has 0 atom stereocenters. The van der Waals surface area contributed by atoms with E-state index in [4.69, 9.17) is 10.00 Å². The van der Waals surface area contributed by atoms with Crippen LogP contribution in [0.15, 0.2) is 35.9 Å². The van der Waals surface area contributed by atoms with E-state index >= 15 is 0 Å². The molecule has 24 heavy (non-hydrogen) atoms. The lowest BCUT2D eigenvalue weighted by molar-refractivity contribution is 0.138. The number of hydrogen-bond donors (Lipinski definition) is 2. The third-order valence-electron chi connectivity index (χ3n) is 3.91. The standard InChI is InChI=1S/C15H17N5O3S/c16-7-11-1-6-14(18-8-11)23-13-4-2-12(3-5-13)20-24(21,22)15-9-17-10-19-15/h1,6,8-10,12-13,20H,2-5H2,(H,17,19). The number of nitriles is 1. The van der Waals surface area contributed by atoms with Crippen LogP contribution in [0.2, 0.25) is 0 Å². The van der Waals surface area contributed by atoms with E-state index in [-0.39, 0.29) is 17.2 Å². The Morgan fingerprint density at radius 2 is 2.04 bits per heavy atom. The molecule has 2 heterocycles. The molecule has 0 aliphatic heterocycles. The Kier molecular flexibility index (Phi) is 4.78. The van der Waals surface area contributed by atoms with E-state index in [0.29, 0.717) is 24.3 Å². The SMILES string of the molecule is N#Cc1ccc(OC2CCC(NS(=O)(=O)c3cnc[nH]3)CC2)nc1. The number of rotatable bonds is 5. The number of nitrogens with one attached hydrogen (secondary N) is 2. The molecule has 2 N–H and O–H groups in total. The van der Waals surface area contributed by atoms with E-state index in [1.165, 1.54) is 18.7 Å². The molecule has 0 saturated heterocycles. The zero-order valence-corrected chi connectivity index (χ0v) is 13.7. The van der Waals surface area contributed by atoms with Gasteiger partial charge in [-0.15, -0.1) is 0 Å². The zero-order valence-electron chi connectivity index (χ0n) is 12.8. The van der Waals surface area contributed by atoms with Gasteiger partial charge < -0.3 is 9.72 Å². The van der Waals surface area contributed by atoms with Crippen LogP contribution < -0.4 is 9.46 Å². The van der Waals surface area contributed by atoms with Crippen molar-refractivity contribution in [3.8, 4) is 11.9 Å². The maximum absolute atomic E-state index is 12.1. The van der Waals surface area contributed by atoms with Gasteiger partial charge in [0.05, 0.1) is 18.1 Å². The number of aromatic nitrogens is 3. The fourth-order valence-corrected chi connectivity index (χ4v) is 3.87. The molecule has 2 aromatic heterocycles. The quantitative estimate of drug-likeness (QED) is 0.842. The highest BCUT2D eigenvalue weighted by molar-refractivity contribution is 7.89. The van der Waals surface area contributed by atoms with Crippen molar-refractivity contribution < 1.29 is 13.2 Å². The Morgan fingerprint density at radius 3 is 2.62 bits per heavy atom. The molecule has 0 amide bonds. The van der Waals surface area contributed by atoms with Crippen LogP contribution >= 0.6 is 0 Å². The van der Waals surface area contributed by atoms with E-state index in [0.717, 1.165) is 12.8 Å². The Morgan fingerprint density at radius 1 is 1.25 bits per heavy atom. The molecule has 3 rings (SSSR count). The van der Waals surface area contributed by atoms with Gasteiger partial charge in [0.2, 0.25) is 5.88 Å². The molecular formula is C15H17N5O3S. The van der Waals surface area contributed by atoms with E-state index in [1.54, 1.807) is 12.1 Å². The predicted octanol–water partition coefficient (Wildman–Crippen LogP) is 1.34. The summed E-state index contributed by atoms with van der Waals surface area (Å²) < 4.78 is 32.8. The maximum Gasteiger partial charge on any atom is 0.257 e. The van der Waals surface area contributed by atoms with E-state index < -0.39 is 10.0 Å². The summed E-state index contributed by atoms with van der Waals surface area (Å²) in [5, 5.41) is 8.82. The molecule has 0 radical (unpaired) electrons. The van der Waals surface area contributed by atoms with Gasteiger partial charge in [-0.1, -0.05) is 0 Å². The molecule has 8 nitrogen and oxygen atoms in total. The molecule has 1 fully saturated rings. The summed E-state index contributed by atoms with van der Waals surface area (Å²) in [6, 6.07) is 5.22. The van der Waals surface area contributed by atoms with Crippen LogP contribution in [0.25, 0.3) is 0 Å². The van der Waals surface area contributed by atoms with Gasteiger partial charge in [-0.05, 0) is 31.7 Å². The van der Waals surface area contributed by atoms with Crippen molar-refractivity contribution in [3.63, 3.8) is 0 Å². The van der Waals surface area contributed by atoms with Gasteiger partial charge in [-0.2, -0.15) is 5.26 Å². The normalized spacial score (nSPS) is 21.1. The van der Waals surface area contributed by atoms with Crippen molar-refractivity contribution >= 4 is 10.0 Å². The molecule has 0 spiro atoms. The number of ether oxygens (including phenoxy) is 1. The topological polar surface area (TPSA) is 121 Å². The van der Waals surface area contributed by atoms with Gasteiger partial charge in [-0.25, -0.2) is 23.1 Å². The number of nitrogens with zero attached hydrogens (tertiary/aromatic N) is 3. The second-order valence-corrected chi connectivity index (χ2v) is 7.31. The van der Waals surface area contributed by atoms with Crippen LogP contribution in [0.3, 0.4) is 0 Å². The minimum Gasteiger partial charge on any atom is -0.474 e. The molecule has 126 valence electrons. The average molecular weight is 347 g/mol. The third-order valence-corrected chi connectivity index (χ3v) is 5.36. The number of sulfonamides is 1. The third kappa shape index (κ3) is 3.90. The zero-order chi connectivity index (χ0) is 17.0. The van der Waals surface area contributed by atoms with Crippen molar-refractivity contribution in [2.45, 2.75) is 42.9 Å². The largest absolute Gasteiger partial charge is 0.474 e. The summed E-state index contributed by atoms with van der Waals surface area (Å²) in [5.74, 6) is 0.482. The lowest BCUT2D eigenvalue weighted by Crippen LogP contribution is -2.39. The van der Waals surface area contributed by atoms with Crippen molar-refractivity contribution in [3.05, 3.63) is 36.4 Å². The predicted molar refractivity (Wildman–Crippen MR) is 84.5 cm³/mol. The van der Waals surface area contributed by atoms with Crippen LogP contribution in [0.1, 0.15) is 31.2 Å². The summed E-state index contributed by atoms with van der Waals surface area (Å²) in [4.78, 5) is 10.4. The van der Waals surface area contributed by atoms with Gasteiger partial charge in [0.25, 0.3) is 10.0 Å². The first-order valence-electron chi connectivity index (χ1n) is 7.60. The molecule has 9 heteroatoms. The van der Waals surface area contributed by atoms with Crippen LogP contribution in [0.5, 0.6) is 5.88 Å². The van der Waals surface area contributed by atoms with Crippen molar-refractivity contribution in [2.75, 3.05) is 0 Å². The lowest BCUT2D eigenvalue weighted by atomic mass is 9.94. The summed E-state index contributed by atoms with van der Waals surface area (Å²) >= 11 is 0. The van der Waals surface area contributed by atoms with Crippen molar-refractivity contribution in [2.24, 2.45) is 0 Å². The second kappa shape index (κ2) is 6.98. The lowest BCUT2D eigenvalue weighted by Gasteiger charge is -2.28. The Bertz CT molecular complexity index is 804. The number of aromatic amines is 1. The first-order valence-corrected chi connectivity index (χ1v) is 9.08. The van der Waals surface area contributed by atoms with Gasteiger partial charge in [0.1, 0.15) is 12.2 Å². The highest BCUT2D eigenvalue weighted by Crippen LogP contribution is 2.24. The van der Waals surface area contributed by atoms with Crippen molar-refractivity contribution in [1.29, 1.82) is 5.26 Å². The Labute approximate surface area is 140 Å². The highest BCUT2D eigenvalue weighted by atomic mass is 32.2. The number of imidazole rings is 1. The summed E-state index contributed by atoms with van der Waals surface area (Å²) in [5.41, 5.74) is 0.485. The van der Waals surface area contributed by atoms with Gasteiger partial charge in [-0.3, -0.25) is 0 Å². The highest BCUT2D eigenvalue weighted by Gasteiger charge is 2.27. The molecule has 1 aliphatic rings. The first kappa shape index (κ1) is 16.4. The van der Waals surface area contributed by atoms with Crippen LogP contribution in [-0.2, 0) is 10.0 Å². The fraction of sp³-hybridized carbons (Fsp3) is 0.400. The maximum atomic E-state index is 12.1. The molecule has 1 saturated carbocycles. The van der Waals surface area contributed by atoms with E-state index in [1.807, 2.05) is 6.07 Å². The number of pyridine rings is 1. The van der Waals surface area contributed by atoms with Crippen LogP contribution in [-0.4, -0.2) is 35.5 Å². The summed E-state index contributed by atoms with van der Waals surface area (Å²) in [7, 11) is -3.55. The number of hydrogen-bond acceptors (Lipinski definition) is 6. The molecule has 2 aromatic rings. The fourth-order valence-electron chi connectivity index (χ4n) is 2.66. The Balaban J connectivity index is 1.51. The van der Waals surface area contributed by atoms with Crippen LogP contribution in [0, 0.1) is 11.3 Å². The number of H-pyrrole nitrogens is 1.